The van der Waals surface area contributed by atoms with E-state index in [4.69, 9.17) is 0 Å². The number of likely N-dealkylation sites (tertiary alicyclic amines) is 1. The highest BCUT2D eigenvalue weighted by Gasteiger charge is 2.34. The Balaban J connectivity index is 1.83. The van der Waals surface area contributed by atoms with E-state index in [2.05, 4.69) is 5.10 Å². The molecule has 1 saturated heterocycles. The average Bonchev–Trinajstić information content (AvgIpc) is 3.09. The summed E-state index contributed by atoms with van der Waals surface area (Å²) in [4.78, 5) is 1.95. The van der Waals surface area contributed by atoms with Crippen LogP contribution < -0.4 is 0 Å². The summed E-state index contributed by atoms with van der Waals surface area (Å²) < 4.78 is 29.4. The van der Waals surface area contributed by atoms with E-state index in [1.54, 1.807) is 0 Å². The largest absolute Gasteiger partial charge is 0.392 e. The summed E-state index contributed by atoms with van der Waals surface area (Å²) in [5.41, 5.74) is 1.15. The molecule has 2 atom stereocenters. The fourth-order valence-corrected chi connectivity index (χ4v) is 3.11. The van der Waals surface area contributed by atoms with Crippen molar-refractivity contribution >= 4 is 0 Å². The van der Waals surface area contributed by atoms with Gasteiger partial charge in [0.2, 0.25) is 0 Å². The molecule has 0 radical (unpaired) electrons. The molecule has 1 N–H and O–H groups in total. The Morgan fingerprint density at radius 1 is 1.30 bits per heavy atom. The van der Waals surface area contributed by atoms with E-state index in [0.717, 1.165) is 17.8 Å². The number of nitrogens with zero attached hydrogens (tertiary/aromatic N) is 3. The van der Waals surface area contributed by atoms with E-state index in [1.807, 2.05) is 35.7 Å². The van der Waals surface area contributed by atoms with Gasteiger partial charge in [0, 0.05) is 36.9 Å². The summed E-state index contributed by atoms with van der Waals surface area (Å²) in [6.45, 7) is 5.01. The number of aliphatic hydroxyl groups is 1. The first-order valence-corrected chi connectivity index (χ1v) is 7.85. The van der Waals surface area contributed by atoms with Crippen LogP contribution in [0, 0.1) is 11.6 Å². The van der Waals surface area contributed by atoms with Crippen molar-refractivity contribution in [1.82, 2.24) is 14.7 Å². The zero-order valence-electron chi connectivity index (χ0n) is 13.3. The fourth-order valence-electron chi connectivity index (χ4n) is 3.11. The Labute approximate surface area is 134 Å². The highest BCUT2D eigenvalue weighted by Crippen LogP contribution is 2.35. The molecule has 1 aromatic heterocycles. The fraction of sp³-hybridized carbons (Fsp3) is 0.471. The van der Waals surface area contributed by atoms with Crippen molar-refractivity contribution in [2.24, 2.45) is 0 Å². The summed E-state index contributed by atoms with van der Waals surface area (Å²) in [6.07, 6.45) is 1.75. The van der Waals surface area contributed by atoms with Crippen LogP contribution in [0.15, 0.2) is 30.5 Å². The van der Waals surface area contributed by atoms with Crippen molar-refractivity contribution in [2.45, 2.75) is 45.0 Å². The third-order valence-corrected chi connectivity index (χ3v) is 4.26. The zero-order valence-corrected chi connectivity index (χ0v) is 13.3. The first-order chi connectivity index (χ1) is 10.9. The number of benzene rings is 1. The van der Waals surface area contributed by atoms with Crippen LogP contribution >= 0.6 is 0 Å². The minimum absolute atomic E-state index is 0.268. The van der Waals surface area contributed by atoms with Gasteiger partial charge in [0.05, 0.1) is 11.8 Å². The highest BCUT2D eigenvalue weighted by atomic mass is 19.1. The van der Waals surface area contributed by atoms with Gasteiger partial charge in [-0.3, -0.25) is 9.58 Å². The van der Waals surface area contributed by atoms with Gasteiger partial charge in [-0.1, -0.05) is 0 Å². The number of aliphatic hydroxyl groups excluding tert-OH is 1. The van der Waals surface area contributed by atoms with E-state index < -0.39 is 17.7 Å². The van der Waals surface area contributed by atoms with Crippen molar-refractivity contribution in [2.75, 3.05) is 6.54 Å². The molecule has 1 aliphatic rings. The van der Waals surface area contributed by atoms with Crippen LogP contribution in [0.2, 0.25) is 0 Å². The normalized spacial score (nSPS) is 22.2. The minimum Gasteiger partial charge on any atom is -0.392 e. The van der Waals surface area contributed by atoms with Crippen molar-refractivity contribution < 1.29 is 13.9 Å². The Kier molecular flexibility index (Phi) is 4.46. The molecule has 2 aromatic rings. The van der Waals surface area contributed by atoms with Crippen LogP contribution in [0.3, 0.4) is 0 Å². The Hall–Kier alpha value is -1.79. The molecular weight excluding hydrogens is 300 g/mol. The molecule has 1 fully saturated rings. The third kappa shape index (κ3) is 3.43. The number of aromatic nitrogens is 2. The SMILES string of the molecule is CC(C)n1ccc(CN2C[C@@H](O)C[C@@H]2c2cc(F)ccc2F)n1. The maximum atomic E-state index is 14.1. The van der Waals surface area contributed by atoms with Gasteiger partial charge in [-0.25, -0.2) is 8.78 Å². The summed E-state index contributed by atoms with van der Waals surface area (Å²) in [6, 6.07) is 5.32. The molecule has 3 rings (SSSR count). The van der Waals surface area contributed by atoms with E-state index in [9.17, 15) is 13.9 Å². The van der Waals surface area contributed by atoms with Crippen LogP contribution in [-0.4, -0.2) is 32.4 Å². The van der Waals surface area contributed by atoms with Gasteiger partial charge in [-0.15, -0.1) is 0 Å². The van der Waals surface area contributed by atoms with Gasteiger partial charge in [0.25, 0.3) is 0 Å². The summed E-state index contributed by atoms with van der Waals surface area (Å²) in [7, 11) is 0. The smallest absolute Gasteiger partial charge is 0.128 e. The number of β-amino-alcohol motifs (C(OH)–C–C–N with tert-alkyl or cyclic N) is 1. The van der Waals surface area contributed by atoms with E-state index in [1.165, 1.54) is 6.07 Å². The quantitative estimate of drug-likeness (QED) is 0.941. The van der Waals surface area contributed by atoms with Gasteiger partial charge in [0.15, 0.2) is 0 Å². The predicted octanol–water partition coefficient (Wildman–Crippen LogP) is 3.05. The van der Waals surface area contributed by atoms with E-state index >= 15 is 0 Å². The van der Waals surface area contributed by atoms with Crippen LogP contribution in [-0.2, 0) is 6.54 Å². The van der Waals surface area contributed by atoms with E-state index in [-0.39, 0.29) is 12.1 Å². The van der Waals surface area contributed by atoms with Crippen LogP contribution in [0.4, 0.5) is 8.78 Å². The van der Waals surface area contributed by atoms with Crippen LogP contribution in [0.25, 0.3) is 0 Å². The molecule has 2 heterocycles. The second-order valence-corrected chi connectivity index (χ2v) is 6.38. The van der Waals surface area contributed by atoms with Crippen LogP contribution in [0.1, 0.15) is 43.6 Å². The van der Waals surface area contributed by atoms with Crippen LogP contribution in [0.5, 0.6) is 0 Å². The van der Waals surface area contributed by atoms with Crippen molar-refractivity contribution in [3.05, 3.63) is 53.4 Å². The predicted molar refractivity (Wildman–Crippen MR) is 82.7 cm³/mol. The molecule has 0 amide bonds. The average molecular weight is 321 g/mol. The van der Waals surface area contributed by atoms with Gasteiger partial charge >= 0.3 is 0 Å². The maximum Gasteiger partial charge on any atom is 0.128 e. The number of rotatable bonds is 4. The summed E-state index contributed by atoms with van der Waals surface area (Å²) in [5.74, 6) is -0.907. The topological polar surface area (TPSA) is 41.3 Å². The lowest BCUT2D eigenvalue weighted by molar-refractivity contribution is 0.171. The molecule has 124 valence electrons. The Bertz CT molecular complexity index is 686. The molecule has 0 saturated carbocycles. The molecule has 1 aromatic carbocycles. The lowest BCUT2D eigenvalue weighted by atomic mass is 10.0. The highest BCUT2D eigenvalue weighted by molar-refractivity contribution is 5.24. The Morgan fingerprint density at radius 3 is 2.78 bits per heavy atom. The van der Waals surface area contributed by atoms with Crippen molar-refractivity contribution in [1.29, 1.82) is 0 Å². The van der Waals surface area contributed by atoms with Crippen molar-refractivity contribution in [3.63, 3.8) is 0 Å². The molecule has 0 bridgehead atoms. The van der Waals surface area contributed by atoms with Gasteiger partial charge in [-0.05, 0) is 44.5 Å². The maximum absolute atomic E-state index is 14.1. The molecule has 0 unspecified atom stereocenters. The first-order valence-electron chi connectivity index (χ1n) is 7.85. The van der Waals surface area contributed by atoms with Gasteiger partial charge in [0.1, 0.15) is 11.6 Å². The minimum atomic E-state index is -0.546. The monoisotopic (exact) mass is 321 g/mol. The first kappa shape index (κ1) is 16.1. The van der Waals surface area contributed by atoms with Crippen molar-refractivity contribution in [3.8, 4) is 0 Å². The number of hydrogen-bond acceptors (Lipinski definition) is 3. The number of halogens is 2. The van der Waals surface area contributed by atoms with Gasteiger partial charge in [-0.2, -0.15) is 5.10 Å². The molecular formula is C17H21F2N3O. The molecule has 23 heavy (non-hydrogen) atoms. The number of hydrogen-bond donors (Lipinski definition) is 1. The lowest BCUT2D eigenvalue weighted by Gasteiger charge is -2.24. The van der Waals surface area contributed by atoms with E-state index in [0.29, 0.717) is 25.1 Å². The second kappa shape index (κ2) is 6.37. The zero-order chi connectivity index (χ0) is 16.6. The standard InChI is InChI=1S/C17H21F2N3O/c1-11(2)22-6-5-13(20-22)9-21-10-14(23)8-17(21)15-7-12(18)3-4-16(15)19/h3-7,11,14,17,23H,8-10H2,1-2H3/t14-,17+/m0/s1. The Morgan fingerprint density at radius 2 is 2.09 bits per heavy atom. The second-order valence-electron chi connectivity index (χ2n) is 6.38. The summed E-state index contributed by atoms with van der Waals surface area (Å²) in [5, 5.41) is 14.5. The lowest BCUT2D eigenvalue weighted by Crippen LogP contribution is -2.25. The van der Waals surface area contributed by atoms with Gasteiger partial charge < -0.3 is 5.11 Å². The molecule has 0 aliphatic carbocycles. The molecule has 6 heteroatoms. The third-order valence-electron chi connectivity index (χ3n) is 4.26. The summed E-state index contributed by atoms with van der Waals surface area (Å²) >= 11 is 0. The molecule has 4 nitrogen and oxygen atoms in total. The molecule has 1 aliphatic heterocycles. The molecule has 0 spiro atoms.